The number of alkyl halides is 2. The van der Waals surface area contributed by atoms with Gasteiger partial charge < -0.3 is 4.74 Å². The fraction of sp³-hybridized carbons (Fsp3) is 0.143. The highest BCUT2D eigenvalue weighted by Crippen LogP contribution is 2.36. The predicted octanol–water partition coefficient (Wildman–Crippen LogP) is 7.47. The molecule has 4 rings (SSSR count). The van der Waals surface area contributed by atoms with E-state index in [2.05, 4.69) is 0 Å². The van der Waals surface area contributed by atoms with Gasteiger partial charge in [0.15, 0.2) is 12.3 Å². The van der Waals surface area contributed by atoms with Crippen LogP contribution in [0.1, 0.15) is 27.8 Å². The van der Waals surface area contributed by atoms with E-state index in [1.54, 1.807) is 60.7 Å². The van der Waals surface area contributed by atoms with Gasteiger partial charge in [0.25, 0.3) is 0 Å². The molecule has 0 amide bonds. The number of hydrogen-bond donors (Lipinski definition) is 0. The van der Waals surface area contributed by atoms with Gasteiger partial charge in [0.2, 0.25) is 0 Å². The average molecular weight is 432 g/mol. The van der Waals surface area contributed by atoms with Crippen LogP contribution in [0.2, 0.25) is 0 Å². The topological polar surface area (TPSA) is 9.23 Å². The summed E-state index contributed by atoms with van der Waals surface area (Å²) >= 11 is 0. The van der Waals surface area contributed by atoms with Gasteiger partial charge >= 0.3 is 0 Å². The molecule has 0 heterocycles. The maximum Gasteiger partial charge on any atom is 0.161 e. The fourth-order valence-corrected chi connectivity index (χ4v) is 3.68. The molecule has 2 unspecified atom stereocenters. The molecule has 0 N–H and O–H groups in total. The van der Waals surface area contributed by atoms with Crippen LogP contribution in [0.15, 0.2) is 78.9 Å². The zero-order valence-electron chi connectivity index (χ0n) is 17.9. The van der Waals surface area contributed by atoms with Gasteiger partial charge in [-0.15, -0.1) is 0 Å². The third-order valence-corrected chi connectivity index (χ3v) is 5.59. The van der Waals surface area contributed by atoms with Gasteiger partial charge in [-0.25, -0.2) is 13.2 Å². The first kappa shape index (κ1) is 21.7. The fourth-order valence-electron chi connectivity index (χ4n) is 3.68. The van der Waals surface area contributed by atoms with E-state index in [4.69, 9.17) is 4.74 Å². The van der Waals surface area contributed by atoms with Gasteiger partial charge in [0, 0.05) is 11.6 Å². The summed E-state index contributed by atoms with van der Waals surface area (Å²) in [7, 11) is 1.49. The summed E-state index contributed by atoms with van der Waals surface area (Å²) in [5.74, 6) is 0.0753. The second kappa shape index (κ2) is 9.31. The number of aryl methyl sites for hydroxylation is 1. The van der Waals surface area contributed by atoms with E-state index in [1.165, 1.54) is 13.2 Å². The second-order valence-corrected chi connectivity index (χ2v) is 7.76. The third-order valence-electron chi connectivity index (χ3n) is 5.59. The number of benzene rings is 3. The zero-order valence-corrected chi connectivity index (χ0v) is 17.9. The van der Waals surface area contributed by atoms with Crippen LogP contribution in [-0.2, 0) is 0 Å². The Labute approximate surface area is 186 Å². The summed E-state index contributed by atoms with van der Waals surface area (Å²) in [6.45, 7) is 1.95. The van der Waals surface area contributed by atoms with Crippen LogP contribution in [0.5, 0.6) is 5.75 Å². The van der Waals surface area contributed by atoms with Crippen LogP contribution < -0.4 is 4.74 Å². The van der Waals surface area contributed by atoms with Crippen LogP contribution in [0, 0.1) is 12.7 Å². The average Bonchev–Trinajstić information content (AvgIpc) is 2.81. The van der Waals surface area contributed by atoms with Gasteiger partial charge in [-0.05, 0) is 46.9 Å². The largest absolute Gasteiger partial charge is 0.497 e. The van der Waals surface area contributed by atoms with Crippen LogP contribution in [-0.4, -0.2) is 19.5 Å². The summed E-state index contributed by atoms with van der Waals surface area (Å²) in [6.07, 6.45) is 3.26. The van der Waals surface area contributed by atoms with Crippen molar-refractivity contribution in [2.45, 2.75) is 19.3 Å². The van der Waals surface area contributed by atoms with Gasteiger partial charge in [-0.1, -0.05) is 78.4 Å². The van der Waals surface area contributed by atoms with E-state index in [0.29, 0.717) is 33.6 Å². The molecule has 0 aliphatic heterocycles. The number of rotatable bonds is 5. The Morgan fingerprint density at radius 3 is 1.84 bits per heavy atom. The Hall–Kier alpha value is -3.53. The normalized spacial score (nSPS) is 18.4. The summed E-state index contributed by atoms with van der Waals surface area (Å²) < 4.78 is 49.0. The molecule has 0 radical (unpaired) electrons. The third kappa shape index (κ3) is 4.54. The zero-order chi connectivity index (χ0) is 22.7. The minimum Gasteiger partial charge on any atom is -0.497 e. The predicted molar refractivity (Wildman–Crippen MR) is 125 cm³/mol. The maximum atomic E-state index is 15.0. The lowest BCUT2D eigenvalue weighted by Crippen LogP contribution is -2.23. The van der Waals surface area contributed by atoms with E-state index in [9.17, 15) is 13.2 Å². The number of halogens is 3. The molecule has 0 aromatic heterocycles. The van der Waals surface area contributed by atoms with Crippen molar-refractivity contribution in [1.29, 1.82) is 0 Å². The summed E-state index contributed by atoms with van der Waals surface area (Å²) in [5.41, 5.74) is 4.29. The standard InChI is InChI=1S/C28H23F3O/c1-18-3-8-20(9-4-18)24-15-16-25(28(31)27(24)30)21-10-5-19(6-11-21)7-12-22-13-14-23(32-2)17-26(22)29/h3-17,27-28H,1-2H3/b12-7+. The molecule has 0 fully saturated rings. The van der Waals surface area contributed by atoms with Crippen molar-refractivity contribution in [1.82, 2.24) is 0 Å². The number of ether oxygens (including phenoxy) is 1. The molecule has 162 valence electrons. The molecule has 0 saturated heterocycles. The van der Waals surface area contributed by atoms with Crippen LogP contribution >= 0.6 is 0 Å². The summed E-state index contributed by atoms with van der Waals surface area (Å²) in [5, 5.41) is 0. The van der Waals surface area contributed by atoms with Crippen molar-refractivity contribution in [2.24, 2.45) is 0 Å². The van der Waals surface area contributed by atoms with Crippen molar-refractivity contribution in [3.05, 3.63) is 113 Å². The first-order valence-electron chi connectivity index (χ1n) is 10.4. The van der Waals surface area contributed by atoms with Crippen LogP contribution in [0.4, 0.5) is 13.2 Å². The van der Waals surface area contributed by atoms with Gasteiger partial charge in [-0.3, -0.25) is 0 Å². The Balaban J connectivity index is 1.54. The van der Waals surface area contributed by atoms with E-state index >= 15 is 0 Å². The monoisotopic (exact) mass is 432 g/mol. The molecular weight excluding hydrogens is 409 g/mol. The molecule has 1 nitrogen and oxygen atoms in total. The van der Waals surface area contributed by atoms with E-state index in [-0.39, 0.29) is 5.82 Å². The van der Waals surface area contributed by atoms with E-state index in [1.807, 2.05) is 31.2 Å². The minimum absolute atomic E-state index is 0.310. The number of allylic oxidation sites excluding steroid dienone is 4. The minimum atomic E-state index is -1.74. The lowest BCUT2D eigenvalue weighted by Gasteiger charge is -2.24. The molecule has 0 saturated carbocycles. The Morgan fingerprint density at radius 1 is 0.750 bits per heavy atom. The van der Waals surface area contributed by atoms with Crippen molar-refractivity contribution in [2.75, 3.05) is 7.11 Å². The number of hydrogen-bond acceptors (Lipinski definition) is 1. The molecule has 4 heteroatoms. The quantitative estimate of drug-likeness (QED) is 0.380. The first-order valence-corrected chi connectivity index (χ1v) is 10.4. The number of methoxy groups -OCH3 is 1. The SMILES string of the molecule is COc1ccc(/C=C/c2ccc(C3=CC=C(c4ccc(C)cc4)C(F)C3F)cc2)c(F)c1. The van der Waals surface area contributed by atoms with Gasteiger partial charge in [0.1, 0.15) is 11.6 Å². The highest BCUT2D eigenvalue weighted by Gasteiger charge is 2.31. The molecule has 3 aromatic rings. The van der Waals surface area contributed by atoms with E-state index in [0.717, 1.165) is 11.1 Å². The van der Waals surface area contributed by atoms with Crippen LogP contribution in [0.25, 0.3) is 23.3 Å². The van der Waals surface area contributed by atoms with Crippen molar-refractivity contribution >= 4 is 23.3 Å². The lowest BCUT2D eigenvalue weighted by molar-refractivity contribution is 0.262. The summed E-state index contributed by atoms with van der Waals surface area (Å²) in [4.78, 5) is 0. The van der Waals surface area contributed by atoms with E-state index < -0.39 is 12.3 Å². The highest BCUT2D eigenvalue weighted by atomic mass is 19.2. The van der Waals surface area contributed by atoms with Gasteiger partial charge in [-0.2, -0.15) is 0 Å². The molecule has 32 heavy (non-hydrogen) atoms. The maximum absolute atomic E-state index is 15.0. The molecule has 0 spiro atoms. The highest BCUT2D eigenvalue weighted by molar-refractivity contribution is 5.83. The second-order valence-electron chi connectivity index (χ2n) is 7.76. The molecule has 1 aliphatic carbocycles. The molecule has 2 atom stereocenters. The Bertz CT molecular complexity index is 1190. The summed E-state index contributed by atoms with van der Waals surface area (Å²) in [6, 6.07) is 19.1. The Morgan fingerprint density at radius 2 is 1.31 bits per heavy atom. The lowest BCUT2D eigenvalue weighted by atomic mass is 9.87. The molecule has 1 aliphatic rings. The van der Waals surface area contributed by atoms with Crippen LogP contribution in [0.3, 0.4) is 0 Å². The van der Waals surface area contributed by atoms with Gasteiger partial charge in [0.05, 0.1) is 7.11 Å². The molecule has 3 aromatic carbocycles. The molecule has 0 bridgehead atoms. The molecular formula is C28H23F3O. The first-order chi connectivity index (χ1) is 15.5. The van der Waals surface area contributed by atoms with Crippen molar-refractivity contribution in [3.63, 3.8) is 0 Å². The van der Waals surface area contributed by atoms with Crippen molar-refractivity contribution < 1.29 is 17.9 Å². The smallest absolute Gasteiger partial charge is 0.161 e. The van der Waals surface area contributed by atoms with Crippen molar-refractivity contribution in [3.8, 4) is 5.75 Å². The Kier molecular flexibility index (Phi) is 6.31.